The lowest BCUT2D eigenvalue weighted by atomic mass is 9.94. The minimum atomic E-state index is -0.893. The third-order valence-corrected chi connectivity index (χ3v) is 5.47. The van der Waals surface area contributed by atoms with Crippen LogP contribution in [0.5, 0.6) is 5.88 Å². The number of halogens is 1. The number of benzene rings is 1. The number of carbonyl (C=O) groups excluding carboxylic acids is 2. The summed E-state index contributed by atoms with van der Waals surface area (Å²) < 4.78 is 30.5. The Morgan fingerprint density at radius 2 is 1.94 bits per heavy atom. The molecular weight excluding hydrogens is 431 g/mol. The van der Waals surface area contributed by atoms with Gasteiger partial charge in [-0.1, -0.05) is 0 Å². The van der Waals surface area contributed by atoms with Gasteiger partial charge in [-0.25, -0.2) is 19.2 Å². The van der Waals surface area contributed by atoms with Crippen molar-refractivity contribution in [3.8, 4) is 5.88 Å². The van der Waals surface area contributed by atoms with E-state index in [9.17, 15) is 9.59 Å². The first kappa shape index (κ1) is 24.6. The topological polar surface area (TPSA) is 103 Å². The standard InChI is InChI=1S/C23H31FN4O5/c1-23(2,3)33-22(30)26-14-8-10-28(11-9-14)13-15(21(29)32-5)19-16(24)6-7-17-20(19)27-18(31-4)12-25-17/h6-7,12,14-15H,8-11,13H2,1-5H3,(H,26,30). The number of likely N-dealkylation sites (tertiary alicyclic amines) is 1. The van der Waals surface area contributed by atoms with Crippen molar-refractivity contribution >= 4 is 23.1 Å². The molecule has 1 aromatic carbocycles. The molecule has 1 unspecified atom stereocenters. The highest BCUT2D eigenvalue weighted by atomic mass is 19.1. The van der Waals surface area contributed by atoms with Gasteiger partial charge in [0.05, 0.1) is 37.4 Å². The lowest BCUT2D eigenvalue weighted by Crippen LogP contribution is -2.47. The molecule has 2 aromatic rings. The Kier molecular flexibility index (Phi) is 7.68. The zero-order valence-corrected chi connectivity index (χ0v) is 19.7. The van der Waals surface area contributed by atoms with Crippen molar-refractivity contribution in [3.63, 3.8) is 0 Å². The number of alkyl carbamates (subject to hydrolysis) is 1. The van der Waals surface area contributed by atoms with Gasteiger partial charge in [-0.3, -0.25) is 4.79 Å². The Labute approximate surface area is 192 Å². The zero-order chi connectivity index (χ0) is 24.2. The highest BCUT2D eigenvalue weighted by molar-refractivity contribution is 5.87. The van der Waals surface area contributed by atoms with Gasteiger partial charge in [0.1, 0.15) is 11.4 Å². The SMILES string of the molecule is COC(=O)C(CN1CCC(NC(=O)OC(C)(C)C)CC1)c1c(F)ccc2ncc(OC)nc12. The van der Waals surface area contributed by atoms with E-state index in [1.54, 1.807) is 0 Å². The third-order valence-electron chi connectivity index (χ3n) is 5.47. The van der Waals surface area contributed by atoms with Crippen molar-refractivity contribution in [2.45, 2.75) is 51.2 Å². The number of carbonyl (C=O) groups is 2. The number of rotatable bonds is 6. The van der Waals surface area contributed by atoms with E-state index in [1.165, 1.54) is 32.5 Å². The van der Waals surface area contributed by atoms with Gasteiger partial charge < -0.3 is 24.4 Å². The van der Waals surface area contributed by atoms with E-state index in [-0.39, 0.29) is 29.5 Å². The number of amides is 1. The van der Waals surface area contributed by atoms with E-state index in [1.807, 2.05) is 20.8 Å². The fourth-order valence-corrected chi connectivity index (χ4v) is 3.91. The number of ether oxygens (including phenoxy) is 3. The van der Waals surface area contributed by atoms with E-state index in [2.05, 4.69) is 20.2 Å². The summed E-state index contributed by atoms with van der Waals surface area (Å²) in [5, 5.41) is 2.89. The zero-order valence-electron chi connectivity index (χ0n) is 19.7. The Hall–Kier alpha value is -3.01. The number of hydrogen-bond acceptors (Lipinski definition) is 8. The van der Waals surface area contributed by atoms with Crippen LogP contribution in [0.2, 0.25) is 0 Å². The highest BCUT2D eigenvalue weighted by Crippen LogP contribution is 2.30. The Balaban J connectivity index is 1.75. The maximum Gasteiger partial charge on any atom is 0.407 e. The molecule has 0 saturated carbocycles. The molecule has 1 aromatic heterocycles. The number of methoxy groups -OCH3 is 2. The number of nitrogens with zero attached hydrogens (tertiary/aromatic N) is 3. The van der Waals surface area contributed by atoms with Crippen LogP contribution in [-0.2, 0) is 14.3 Å². The number of hydrogen-bond donors (Lipinski definition) is 1. The number of nitrogens with one attached hydrogen (secondary N) is 1. The Morgan fingerprint density at radius 1 is 1.24 bits per heavy atom. The second-order valence-electron chi connectivity index (χ2n) is 9.04. The minimum absolute atomic E-state index is 0.0305. The van der Waals surface area contributed by atoms with Crippen LogP contribution in [0.4, 0.5) is 9.18 Å². The van der Waals surface area contributed by atoms with Crippen molar-refractivity contribution in [1.82, 2.24) is 20.2 Å². The third kappa shape index (κ3) is 6.28. The molecule has 2 heterocycles. The fourth-order valence-electron chi connectivity index (χ4n) is 3.91. The van der Waals surface area contributed by atoms with Crippen LogP contribution in [0.1, 0.15) is 45.1 Å². The quantitative estimate of drug-likeness (QED) is 0.654. The van der Waals surface area contributed by atoms with Crippen LogP contribution in [0.15, 0.2) is 18.3 Å². The van der Waals surface area contributed by atoms with Gasteiger partial charge in [0, 0.05) is 31.2 Å². The Bertz CT molecular complexity index is 1000. The van der Waals surface area contributed by atoms with Gasteiger partial charge in [-0.15, -0.1) is 0 Å². The summed E-state index contributed by atoms with van der Waals surface area (Å²) in [5.74, 6) is -1.77. The van der Waals surface area contributed by atoms with Gasteiger partial charge >= 0.3 is 12.1 Å². The highest BCUT2D eigenvalue weighted by Gasteiger charge is 2.32. The summed E-state index contributed by atoms with van der Waals surface area (Å²) in [7, 11) is 2.73. The fraction of sp³-hybridized carbons (Fsp3) is 0.565. The van der Waals surface area contributed by atoms with Gasteiger partial charge in [-0.2, -0.15) is 0 Å². The summed E-state index contributed by atoms with van der Waals surface area (Å²) in [6, 6.07) is 2.77. The van der Waals surface area contributed by atoms with E-state index in [4.69, 9.17) is 14.2 Å². The van der Waals surface area contributed by atoms with E-state index in [0.29, 0.717) is 31.4 Å². The van der Waals surface area contributed by atoms with Crippen molar-refractivity contribution in [2.24, 2.45) is 0 Å². The van der Waals surface area contributed by atoms with E-state index < -0.39 is 29.4 Å². The maximum absolute atomic E-state index is 15.0. The second kappa shape index (κ2) is 10.3. The molecule has 1 fully saturated rings. The summed E-state index contributed by atoms with van der Waals surface area (Å²) in [6.45, 7) is 6.93. The first-order valence-electron chi connectivity index (χ1n) is 10.9. The van der Waals surface area contributed by atoms with E-state index >= 15 is 4.39 Å². The van der Waals surface area contributed by atoms with Gasteiger partial charge in [0.2, 0.25) is 5.88 Å². The van der Waals surface area contributed by atoms with E-state index in [0.717, 1.165) is 0 Å². The largest absolute Gasteiger partial charge is 0.480 e. The van der Waals surface area contributed by atoms with Crippen molar-refractivity contribution < 1.29 is 28.2 Å². The second-order valence-corrected chi connectivity index (χ2v) is 9.04. The molecule has 3 rings (SSSR count). The summed E-state index contributed by atoms with van der Waals surface area (Å²) in [4.78, 5) is 35.4. The summed E-state index contributed by atoms with van der Waals surface area (Å²) in [6.07, 6.45) is 2.36. The molecule has 1 aliphatic heterocycles. The number of fused-ring (bicyclic) bond motifs is 1. The minimum Gasteiger partial charge on any atom is -0.480 e. The average molecular weight is 463 g/mol. The van der Waals surface area contributed by atoms with Gasteiger partial charge in [0.25, 0.3) is 0 Å². The number of esters is 1. The maximum atomic E-state index is 15.0. The predicted molar refractivity (Wildman–Crippen MR) is 120 cm³/mol. The molecule has 1 aliphatic rings. The first-order chi connectivity index (χ1) is 15.6. The summed E-state index contributed by atoms with van der Waals surface area (Å²) in [5.41, 5.74) is 0.305. The van der Waals surface area contributed by atoms with Crippen molar-refractivity contribution in [2.75, 3.05) is 33.9 Å². The molecule has 0 bridgehead atoms. The molecule has 0 spiro atoms. The van der Waals surface area contributed by atoms with Crippen LogP contribution >= 0.6 is 0 Å². The van der Waals surface area contributed by atoms with Crippen LogP contribution < -0.4 is 10.1 Å². The lowest BCUT2D eigenvalue weighted by molar-refractivity contribution is -0.143. The summed E-state index contributed by atoms with van der Waals surface area (Å²) >= 11 is 0. The van der Waals surface area contributed by atoms with Crippen LogP contribution in [0.25, 0.3) is 11.0 Å². The number of piperidine rings is 1. The molecule has 1 N–H and O–H groups in total. The molecule has 0 aliphatic carbocycles. The molecule has 0 radical (unpaired) electrons. The molecule has 33 heavy (non-hydrogen) atoms. The van der Waals surface area contributed by atoms with Gasteiger partial charge in [0.15, 0.2) is 0 Å². The number of aromatic nitrogens is 2. The molecule has 180 valence electrons. The van der Waals surface area contributed by atoms with Crippen molar-refractivity contribution in [3.05, 3.63) is 29.7 Å². The van der Waals surface area contributed by atoms with Crippen LogP contribution in [0.3, 0.4) is 0 Å². The normalized spacial score (nSPS) is 16.3. The average Bonchev–Trinajstić information content (AvgIpc) is 2.76. The predicted octanol–water partition coefficient (Wildman–Crippen LogP) is 3.02. The monoisotopic (exact) mass is 462 g/mol. The molecule has 1 amide bonds. The molecular formula is C23H31FN4O5. The van der Waals surface area contributed by atoms with Crippen LogP contribution in [-0.4, -0.2) is 72.4 Å². The molecule has 9 nitrogen and oxygen atoms in total. The molecule has 1 saturated heterocycles. The first-order valence-corrected chi connectivity index (χ1v) is 10.9. The van der Waals surface area contributed by atoms with Crippen LogP contribution in [0, 0.1) is 5.82 Å². The lowest BCUT2D eigenvalue weighted by Gasteiger charge is -2.34. The smallest absolute Gasteiger partial charge is 0.407 e. The Morgan fingerprint density at radius 3 is 2.55 bits per heavy atom. The molecule has 10 heteroatoms. The van der Waals surface area contributed by atoms with Gasteiger partial charge in [-0.05, 0) is 45.7 Å². The molecule has 1 atom stereocenters. The van der Waals surface area contributed by atoms with Crippen molar-refractivity contribution in [1.29, 1.82) is 0 Å².